The van der Waals surface area contributed by atoms with Crippen molar-refractivity contribution in [1.29, 1.82) is 0 Å². The van der Waals surface area contributed by atoms with Gasteiger partial charge in [0.2, 0.25) is 0 Å². The highest BCUT2D eigenvalue weighted by atomic mass is 32.2. The summed E-state index contributed by atoms with van der Waals surface area (Å²) in [7, 11) is 1.37. The van der Waals surface area contributed by atoms with Crippen LogP contribution < -0.4 is 5.32 Å². The van der Waals surface area contributed by atoms with Crippen molar-refractivity contribution in [2.75, 3.05) is 19.9 Å². The molecular formula is C15H23NO3S. The van der Waals surface area contributed by atoms with E-state index in [4.69, 9.17) is 4.42 Å². The van der Waals surface area contributed by atoms with Gasteiger partial charge >= 0.3 is 5.97 Å². The zero-order chi connectivity index (χ0) is 14.4. The van der Waals surface area contributed by atoms with E-state index in [1.165, 1.54) is 45.5 Å². The molecule has 1 aliphatic rings. The van der Waals surface area contributed by atoms with E-state index >= 15 is 0 Å². The molecule has 1 aromatic heterocycles. The number of hydrogen-bond acceptors (Lipinski definition) is 5. The Balaban J connectivity index is 1.82. The summed E-state index contributed by atoms with van der Waals surface area (Å²) in [5.74, 6) is 0.422. The van der Waals surface area contributed by atoms with Crippen molar-refractivity contribution in [3.05, 3.63) is 23.7 Å². The molecule has 4 nitrogen and oxygen atoms in total. The molecule has 0 radical (unpaired) electrons. The highest BCUT2D eigenvalue weighted by Crippen LogP contribution is 2.37. The first-order valence-electron chi connectivity index (χ1n) is 7.11. The van der Waals surface area contributed by atoms with Crippen LogP contribution in [0.3, 0.4) is 0 Å². The minimum atomic E-state index is -0.354. The van der Waals surface area contributed by atoms with Gasteiger partial charge in [0.15, 0.2) is 0 Å². The second-order valence-corrected chi connectivity index (χ2v) is 6.62. The Hall–Kier alpha value is -0.940. The number of methoxy groups -OCH3 is 1. The monoisotopic (exact) mass is 297 g/mol. The Bertz CT molecular complexity index is 438. The molecule has 1 saturated carbocycles. The zero-order valence-corrected chi connectivity index (χ0v) is 13.1. The SMILES string of the molecule is COC(=O)c1coc(CNCC2(SC)CCCCC2)c1. The molecule has 0 aromatic carbocycles. The molecule has 1 aliphatic carbocycles. The third kappa shape index (κ3) is 3.79. The number of ether oxygens (including phenoxy) is 1. The largest absolute Gasteiger partial charge is 0.467 e. The summed E-state index contributed by atoms with van der Waals surface area (Å²) in [5.41, 5.74) is 0.474. The fraction of sp³-hybridized carbons (Fsp3) is 0.667. The maximum Gasteiger partial charge on any atom is 0.341 e. The van der Waals surface area contributed by atoms with Crippen molar-refractivity contribution < 1.29 is 13.9 Å². The maximum absolute atomic E-state index is 11.3. The van der Waals surface area contributed by atoms with Gasteiger partial charge in [-0.2, -0.15) is 11.8 Å². The van der Waals surface area contributed by atoms with Gasteiger partial charge in [0.1, 0.15) is 12.0 Å². The molecule has 1 N–H and O–H groups in total. The van der Waals surface area contributed by atoms with Crippen LogP contribution >= 0.6 is 11.8 Å². The molecule has 1 fully saturated rings. The lowest BCUT2D eigenvalue weighted by atomic mass is 9.88. The summed E-state index contributed by atoms with van der Waals surface area (Å²) in [6.45, 7) is 1.64. The minimum Gasteiger partial charge on any atom is -0.467 e. The number of hydrogen-bond donors (Lipinski definition) is 1. The standard InChI is InChI=1S/C15H23NO3S/c1-18-14(17)12-8-13(19-10-12)9-16-11-15(20-2)6-4-3-5-7-15/h8,10,16H,3-7,9,11H2,1-2H3. The Morgan fingerprint density at radius 2 is 2.20 bits per heavy atom. The van der Waals surface area contributed by atoms with E-state index in [9.17, 15) is 4.79 Å². The highest BCUT2D eigenvalue weighted by Gasteiger charge is 2.30. The molecular weight excluding hydrogens is 274 g/mol. The molecule has 0 unspecified atom stereocenters. The van der Waals surface area contributed by atoms with E-state index in [1.807, 2.05) is 11.8 Å². The third-order valence-electron chi connectivity index (χ3n) is 4.02. The average molecular weight is 297 g/mol. The predicted molar refractivity (Wildman–Crippen MR) is 81.1 cm³/mol. The average Bonchev–Trinajstić information content (AvgIpc) is 2.96. The zero-order valence-electron chi connectivity index (χ0n) is 12.2. The molecule has 0 spiro atoms. The Labute approximate surface area is 124 Å². The van der Waals surface area contributed by atoms with Gasteiger partial charge in [-0.05, 0) is 25.2 Å². The Kier molecular flexibility index (Phi) is 5.54. The van der Waals surface area contributed by atoms with E-state index in [1.54, 1.807) is 6.07 Å². The Morgan fingerprint density at radius 3 is 2.85 bits per heavy atom. The van der Waals surface area contributed by atoms with Gasteiger partial charge < -0.3 is 14.5 Å². The fourth-order valence-electron chi connectivity index (χ4n) is 2.76. The summed E-state index contributed by atoms with van der Waals surface area (Å²) in [5, 5.41) is 3.47. The van der Waals surface area contributed by atoms with Crippen molar-refractivity contribution in [1.82, 2.24) is 5.32 Å². The van der Waals surface area contributed by atoms with Gasteiger partial charge in [0.05, 0.1) is 19.2 Å². The molecule has 2 rings (SSSR count). The quantitative estimate of drug-likeness (QED) is 0.817. The first kappa shape index (κ1) is 15.4. The van der Waals surface area contributed by atoms with Gasteiger partial charge in [-0.1, -0.05) is 19.3 Å². The van der Waals surface area contributed by atoms with Gasteiger partial charge in [-0.3, -0.25) is 0 Å². The van der Waals surface area contributed by atoms with Crippen LogP contribution in [-0.4, -0.2) is 30.6 Å². The summed E-state index contributed by atoms with van der Waals surface area (Å²) in [4.78, 5) is 11.3. The minimum absolute atomic E-state index is 0.354. The molecule has 0 aliphatic heterocycles. The predicted octanol–water partition coefficient (Wildman–Crippen LogP) is 3.22. The van der Waals surface area contributed by atoms with Crippen LogP contribution in [0.1, 0.15) is 48.2 Å². The van der Waals surface area contributed by atoms with Crippen molar-refractivity contribution >= 4 is 17.7 Å². The van der Waals surface area contributed by atoms with Crippen molar-refractivity contribution in [2.24, 2.45) is 0 Å². The Morgan fingerprint density at radius 1 is 1.45 bits per heavy atom. The second-order valence-electron chi connectivity index (χ2n) is 5.34. The highest BCUT2D eigenvalue weighted by molar-refractivity contribution is 8.00. The number of esters is 1. The van der Waals surface area contributed by atoms with Crippen molar-refractivity contribution in [3.8, 4) is 0 Å². The molecule has 20 heavy (non-hydrogen) atoms. The summed E-state index contributed by atoms with van der Waals surface area (Å²) in [6.07, 6.45) is 10.2. The number of rotatable bonds is 6. The number of carbonyl (C=O) groups is 1. The number of furan rings is 1. The lowest BCUT2D eigenvalue weighted by Gasteiger charge is -2.35. The molecule has 1 heterocycles. The topological polar surface area (TPSA) is 51.5 Å². The van der Waals surface area contributed by atoms with E-state index in [0.29, 0.717) is 16.9 Å². The molecule has 0 saturated heterocycles. The number of carbonyl (C=O) groups excluding carboxylic acids is 1. The van der Waals surface area contributed by atoms with Crippen molar-refractivity contribution in [2.45, 2.75) is 43.4 Å². The van der Waals surface area contributed by atoms with Gasteiger partial charge in [-0.25, -0.2) is 4.79 Å². The van der Waals surface area contributed by atoms with Crippen LogP contribution in [0.15, 0.2) is 16.7 Å². The van der Waals surface area contributed by atoms with Gasteiger partial charge in [0, 0.05) is 11.3 Å². The van der Waals surface area contributed by atoms with E-state index in [-0.39, 0.29) is 5.97 Å². The fourth-order valence-corrected chi connectivity index (χ4v) is 3.70. The molecule has 0 bridgehead atoms. The third-order valence-corrected chi connectivity index (χ3v) is 5.44. The number of nitrogens with one attached hydrogen (secondary N) is 1. The lowest BCUT2D eigenvalue weighted by Crippen LogP contribution is -2.39. The summed E-state index contributed by atoms with van der Waals surface area (Å²) in [6, 6.07) is 1.74. The van der Waals surface area contributed by atoms with Crippen LogP contribution in [0, 0.1) is 0 Å². The summed E-state index contributed by atoms with van der Waals surface area (Å²) < 4.78 is 10.4. The first-order chi connectivity index (χ1) is 9.69. The van der Waals surface area contributed by atoms with Crippen LogP contribution in [0.5, 0.6) is 0 Å². The molecule has 112 valence electrons. The molecule has 5 heteroatoms. The van der Waals surface area contributed by atoms with Crippen LogP contribution in [0.25, 0.3) is 0 Å². The molecule has 0 amide bonds. The first-order valence-corrected chi connectivity index (χ1v) is 8.33. The van der Waals surface area contributed by atoms with Crippen molar-refractivity contribution in [3.63, 3.8) is 0 Å². The van der Waals surface area contributed by atoms with Crippen LogP contribution in [-0.2, 0) is 11.3 Å². The second kappa shape index (κ2) is 7.18. The van der Waals surface area contributed by atoms with E-state index in [2.05, 4.69) is 16.3 Å². The lowest BCUT2D eigenvalue weighted by molar-refractivity contribution is 0.0600. The molecule has 0 atom stereocenters. The van der Waals surface area contributed by atoms with E-state index < -0.39 is 0 Å². The summed E-state index contributed by atoms with van der Waals surface area (Å²) >= 11 is 1.97. The maximum atomic E-state index is 11.3. The smallest absolute Gasteiger partial charge is 0.341 e. The number of thioether (sulfide) groups is 1. The van der Waals surface area contributed by atoms with Gasteiger partial charge in [-0.15, -0.1) is 0 Å². The normalized spacial score (nSPS) is 17.9. The van der Waals surface area contributed by atoms with Crippen LogP contribution in [0.2, 0.25) is 0 Å². The van der Waals surface area contributed by atoms with Crippen LogP contribution in [0.4, 0.5) is 0 Å². The van der Waals surface area contributed by atoms with Gasteiger partial charge in [0.25, 0.3) is 0 Å². The van der Waals surface area contributed by atoms with E-state index in [0.717, 1.165) is 12.3 Å². The molecule has 1 aromatic rings.